The number of rotatable bonds is 4. The fraction of sp³-hybridized carbons (Fsp3) is 0.214. The second kappa shape index (κ2) is 5.84. The van der Waals surface area contributed by atoms with Gasteiger partial charge in [-0.25, -0.2) is 4.79 Å². The van der Waals surface area contributed by atoms with Gasteiger partial charge in [0.1, 0.15) is 5.76 Å². The topological polar surface area (TPSA) is 65.5 Å². The summed E-state index contributed by atoms with van der Waals surface area (Å²) in [7, 11) is 1.34. The Hall–Kier alpha value is -1.88. The lowest BCUT2D eigenvalue weighted by Gasteiger charge is -2.00. The Morgan fingerprint density at radius 3 is 2.89 bits per heavy atom. The number of nitrogens with two attached hydrogens (primary N) is 1. The molecule has 2 aromatic rings. The number of anilines is 1. The zero-order chi connectivity index (χ0) is 13.8. The van der Waals surface area contributed by atoms with E-state index in [2.05, 4.69) is 4.74 Å². The van der Waals surface area contributed by atoms with E-state index in [0.717, 1.165) is 21.9 Å². The molecule has 0 aliphatic heterocycles. The van der Waals surface area contributed by atoms with E-state index in [1.165, 1.54) is 7.11 Å². The number of carbonyl (C=O) groups is 1. The standard InChI is InChI=1S/C14H15NO3S/c1-9-6-11(18-13(9)14(16)17-2)8-19-12-5-3-4-10(15)7-12/h3-7H,8,15H2,1-2H3. The Kier molecular flexibility index (Phi) is 4.16. The molecule has 1 aromatic carbocycles. The highest BCUT2D eigenvalue weighted by Gasteiger charge is 2.15. The summed E-state index contributed by atoms with van der Waals surface area (Å²) in [4.78, 5) is 12.5. The Bertz CT molecular complexity index is 592. The van der Waals surface area contributed by atoms with Crippen molar-refractivity contribution >= 4 is 23.4 Å². The zero-order valence-corrected chi connectivity index (χ0v) is 11.6. The van der Waals surface area contributed by atoms with Gasteiger partial charge in [-0.15, -0.1) is 11.8 Å². The number of methoxy groups -OCH3 is 1. The van der Waals surface area contributed by atoms with Crippen LogP contribution in [0.15, 0.2) is 39.6 Å². The molecule has 1 aromatic heterocycles. The van der Waals surface area contributed by atoms with Gasteiger partial charge in [-0.1, -0.05) is 6.07 Å². The number of hydrogen-bond donors (Lipinski definition) is 1. The third-order valence-corrected chi connectivity index (χ3v) is 3.59. The van der Waals surface area contributed by atoms with Gasteiger partial charge < -0.3 is 14.9 Å². The van der Waals surface area contributed by atoms with Gasteiger partial charge in [-0.2, -0.15) is 0 Å². The molecule has 0 radical (unpaired) electrons. The minimum atomic E-state index is -0.447. The Balaban J connectivity index is 2.06. The predicted molar refractivity (Wildman–Crippen MR) is 75.2 cm³/mol. The van der Waals surface area contributed by atoms with E-state index in [1.807, 2.05) is 37.3 Å². The minimum Gasteiger partial charge on any atom is -0.463 e. The van der Waals surface area contributed by atoms with E-state index in [0.29, 0.717) is 5.75 Å². The number of ether oxygens (including phenoxy) is 1. The molecule has 1 heterocycles. The van der Waals surface area contributed by atoms with Gasteiger partial charge in [0.2, 0.25) is 5.76 Å². The lowest BCUT2D eigenvalue weighted by molar-refractivity contribution is 0.0562. The molecule has 5 heteroatoms. The number of thioether (sulfide) groups is 1. The van der Waals surface area contributed by atoms with Crippen molar-refractivity contribution in [3.05, 3.63) is 47.4 Å². The highest BCUT2D eigenvalue weighted by molar-refractivity contribution is 7.98. The van der Waals surface area contributed by atoms with Crippen LogP contribution in [0.3, 0.4) is 0 Å². The maximum absolute atomic E-state index is 11.4. The highest BCUT2D eigenvalue weighted by atomic mass is 32.2. The summed E-state index contributed by atoms with van der Waals surface area (Å²) in [5.74, 6) is 1.20. The van der Waals surface area contributed by atoms with Crippen molar-refractivity contribution in [1.29, 1.82) is 0 Å². The molecule has 0 aliphatic carbocycles. The molecule has 0 saturated carbocycles. The highest BCUT2D eigenvalue weighted by Crippen LogP contribution is 2.26. The first-order valence-corrected chi connectivity index (χ1v) is 6.74. The molecule has 100 valence electrons. The van der Waals surface area contributed by atoms with E-state index in [-0.39, 0.29) is 5.76 Å². The van der Waals surface area contributed by atoms with Gasteiger partial charge >= 0.3 is 5.97 Å². The van der Waals surface area contributed by atoms with Crippen LogP contribution in [0.25, 0.3) is 0 Å². The average Bonchev–Trinajstić information content (AvgIpc) is 2.77. The van der Waals surface area contributed by atoms with Gasteiger partial charge in [-0.05, 0) is 31.2 Å². The van der Waals surface area contributed by atoms with Crippen LogP contribution in [0.5, 0.6) is 0 Å². The van der Waals surface area contributed by atoms with Crippen LogP contribution in [0.1, 0.15) is 21.9 Å². The molecule has 0 atom stereocenters. The summed E-state index contributed by atoms with van der Waals surface area (Å²) in [6.07, 6.45) is 0. The maximum Gasteiger partial charge on any atom is 0.374 e. The van der Waals surface area contributed by atoms with E-state index in [4.69, 9.17) is 10.2 Å². The van der Waals surface area contributed by atoms with E-state index < -0.39 is 5.97 Å². The van der Waals surface area contributed by atoms with Gasteiger partial charge in [0.15, 0.2) is 0 Å². The van der Waals surface area contributed by atoms with Crippen LogP contribution in [0.4, 0.5) is 5.69 Å². The molecule has 0 fully saturated rings. The average molecular weight is 277 g/mol. The minimum absolute atomic E-state index is 0.269. The second-order valence-corrected chi connectivity index (χ2v) is 5.13. The van der Waals surface area contributed by atoms with Crippen molar-refractivity contribution in [3.8, 4) is 0 Å². The largest absolute Gasteiger partial charge is 0.463 e. The molecule has 0 bridgehead atoms. The molecule has 2 rings (SSSR count). The normalized spacial score (nSPS) is 10.4. The number of esters is 1. The summed E-state index contributed by atoms with van der Waals surface area (Å²) in [5, 5.41) is 0. The Morgan fingerprint density at radius 1 is 1.42 bits per heavy atom. The van der Waals surface area contributed by atoms with Crippen LogP contribution in [0, 0.1) is 6.92 Å². The molecule has 0 amide bonds. The lowest BCUT2D eigenvalue weighted by Crippen LogP contribution is -2.00. The molecule has 0 saturated heterocycles. The molecule has 0 spiro atoms. The van der Waals surface area contributed by atoms with Crippen molar-refractivity contribution in [2.45, 2.75) is 17.6 Å². The third-order valence-electron chi connectivity index (χ3n) is 2.58. The number of nitrogen functional groups attached to an aromatic ring is 1. The fourth-order valence-corrected chi connectivity index (χ4v) is 2.52. The number of furan rings is 1. The monoisotopic (exact) mass is 277 g/mol. The van der Waals surface area contributed by atoms with Crippen LogP contribution < -0.4 is 5.73 Å². The summed E-state index contributed by atoms with van der Waals surface area (Å²) >= 11 is 1.60. The van der Waals surface area contributed by atoms with Crippen LogP contribution in [0.2, 0.25) is 0 Å². The molecule has 4 nitrogen and oxygen atoms in total. The lowest BCUT2D eigenvalue weighted by atomic mass is 10.3. The first-order valence-electron chi connectivity index (χ1n) is 5.76. The number of benzene rings is 1. The molecule has 0 unspecified atom stereocenters. The van der Waals surface area contributed by atoms with Gasteiger partial charge in [0.05, 0.1) is 12.9 Å². The van der Waals surface area contributed by atoms with Crippen LogP contribution in [-0.4, -0.2) is 13.1 Å². The molecular formula is C14H15NO3S. The van der Waals surface area contributed by atoms with Crippen LogP contribution in [-0.2, 0) is 10.5 Å². The second-order valence-electron chi connectivity index (χ2n) is 4.08. The van der Waals surface area contributed by atoms with Gasteiger partial charge in [0.25, 0.3) is 0 Å². The van der Waals surface area contributed by atoms with Crippen LogP contribution >= 0.6 is 11.8 Å². The van der Waals surface area contributed by atoms with E-state index >= 15 is 0 Å². The molecule has 0 aliphatic rings. The SMILES string of the molecule is COC(=O)c1oc(CSc2cccc(N)c2)cc1C. The summed E-state index contributed by atoms with van der Waals surface area (Å²) in [5.41, 5.74) is 7.23. The molecule has 2 N–H and O–H groups in total. The van der Waals surface area contributed by atoms with Crippen molar-refractivity contribution in [3.63, 3.8) is 0 Å². The van der Waals surface area contributed by atoms with Gasteiger partial charge in [0, 0.05) is 16.1 Å². The zero-order valence-electron chi connectivity index (χ0n) is 10.8. The summed E-state index contributed by atoms with van der Waals surface area (Å²) in [6, 6.07) is 9.49. The molecular weight excluding hydrogens is 262 g/mol. The first kappa shape index (κ1) is 13.5. The Labute approximate surface area is 115 Å². The van der Waals surface area contributed by atoms with Crippen molar-refractivity contribution in [2.75, 3.05) is 12.8 Å². The van der Waals surface area contributed by atoms with Crippen molar-refractivity contribution < 1.29 is 13.9 Å². The summed E-state index contributed by atoms with van der Waals surface area (Å²) in [6.45, 7) is 1.82. The first-order chi connectivity index (χ1) is 9.10. The van der Waals surface area contributed by atoms with Crippen molar-refractivity contribution in [1.82, 2.24) is 0 Å². The number of carbonyl (C=O) groups excluding carboxylic acids is 1. The third kappa shape index (κ3) is 3.32. The maximum atomic E-state index is 11.4. The molecule has 19 heavy (non-hydrogen) atoms. The predicted octanol–water partition coefficient (Wildman–Crippen LogP) is 3.25. The van der Waals surface area contributed by atoms with E-state index in [9.17, 15) is 4.79 Å². The van der Waals surface area contributed by atoms with Gasteiger partial charge in [-0.3, -0.25) is 0 Å². The Morgan fingerprint density at radius 2 is 2.21 bits per heavy atom. The van der Waals surface area contributed by atoms with Crippen molar-refractivity contribution in [2.24, 2.45) is 0 Å². The smallest absolute Gasteiger partial charge is 0.374 e. The quantitative estimate of drug-likeness (QED) is 0.528. The van der Waals surface area contributed by atoms with E-state index in [1.54, 1.807) is 11.8 Å². The summed E-state index contributed by atoms with van der Waals surface area (Å²) < 4.78 is 10.1. The number of hydrogen-bond acceptors (Lipinski definition) is 5. The fourth-order valence-electron chi connectivity index (χ4n) is 1.67. The number of aryl methyl sites for hydroxylation is 1.